The van der Waals surface area contributed by atoms with Gasteiger partial charge in [0.05, 0.1) is 5.56 Å². The molecule has 0 radical (unpaired) electrons. The maximum absolute atomic E-state index is 12.7. The first kappa shape index (κ1) is 12.6. The lowest BCUT2D eigenvalue weighted by Crippen LogP contribution is -2.11. The van der Waals surface area contributed by atoms with Crippen molar-refractivity contribution in [2.24, 2.45) is 0 Å². The summed E-state index contributed by atoms with van der Waals surface area (Å²) in [7, 11) is 0. The summed E-state index contributed by atoms with van der Waals surface area (Å²) in [4.78, 5) is 0. The van der Waals surface area contributed by atoms with Crippen molar-refractivity contribution in [3.8, 4) is 5.75 Å². The van der Waals surface area contributed by atoms with Crippen LogP contribution in [0, 0.1) is 0 Å². The van der Waals surface area contributed by atoms with E-state index in [4.69, 9.17) is 0 Å². The lowest BCUT2D eigenvalue weighted by Gasteiger charge is -2.14. The number of alkyl halides is 5. The van der Waals surface area contributed by atoms with E-state index in [0.29, 0.717) is 10.8 Å². The molecule has 0 saturated heterocycles. The van der Waals surface area contributed by atoms with E-state index in [0.717, 1.165) is 12.1 Å². The molecule has 6 heteroatoms. The van der Waals surface area contributed by atoms with Gasteiger partial charge in [-0.2, -0.15) is 22.0 Å². The van der Waals surface area contributed by atoms with Crippen molar-refractivity contribution in [3.05, 3.63) is 42.0 Å². The predicted octanol–water partition coefficient (Wildman–Crippen LogP) is 4.46. The highest BCUT2D eigenvalue weighted by atomic mass is 19.4. The number of benzene rings is 2. The number of hydrogen-bond acceptors (Lipinski definition) is 1. The molecule has 0 saturated carbocycles. The Morgan fingerprint density at radius 3 is 2.00 bits per heavy atom. The third-order valence-electron chi connectivity index (χ3n) is 2.37. The molecule has 0 aromatic heterocycles. The van der Waals surface area contributed by atoms with Gasteiger partial charge in [0.15, 0.2) is 0 Å². The van der Waals surface area contributed by atoms with Crippen LogP contribution in [0.5, 0.6) is 5.75 Å². The molecule has 0 fully saturated rings. The Morgan fingerprint density at radius 1 is 0.944 bits per heavy atom. The Labute approximate surface area is 98.8 Å². The van der Waals surface area contributed by atoms with Gasteiger partial charge in [-0.1, -0.05) is 24.3 Å². The minimum atomic E-state index is -4.74. The highest BCUT2D eigenvalue weighted by Gasteiger charge is 2.35. The molecule has 96 valence electrons. The lowest BCUT2D eigenvalue weighted by atomic mass is 10.1. The monoisotopic (exact) mass is 262 g/mol. The molecule has 0 aliphatic carbocycles. The third kappa shape index (κ3) is 2.52. The van der Waals surface area contributed by atoms with Crippen molar-refractivity contribution >= 4 is 10.8 Å². The molecule has 0 bridgehead atoms. The van der Waals surface area contributed by atoms with Crippen LogP contribution in [0.3, 0.4) is 0 Å². The Balaban J connectivity index is 2.64. The Bertz CT molecular complexity index is 562. The maximum Gasteiger partial charge on any atom is 0.419 e. The summed E-state index contributed by atoms with van der Waals surface area (Å²) < 4.78 is 66.2. The van der Waals surface area contributed by atoms with Gasteiger partial charge in [0.25, 0.3) is 0 Å². The van der Waals surface area contributed by atoms with Crippen molar-refractivity contribution in [3.63, 3.8) is 0 Å². The van der Waals surface area contributed by atoms with Crippen LogP contribution < -0.4 is 4.74 Å². The van der Waals surface area contributed by atoms with Crippen LogP contribution in [0.25, 0.3) is 10.8 Å². The van der Waals surface area contributed by atoms with Gasteiger partial charge < -0.3 is 4.74 Å². The highest BCUT2D eigenvalue weighted by molar-refractivity contribution is 5.85. The normalized spacial score (nSPS) is 12.1. The summed E-state index contributed by atoms with van der Waals surface area (Å²) in [5, 5.41) is 0.715. The number of fused-ring (bicyclic) bond motifs is 1. The summed E-state index contributed by atoms with van der Waals surface area (Å²) in [6, 6.07) is 7.92. The Morgan fingerprint density at radius 2 is 1.50 bits per heavy atom. The lowest BCUT2D eigenvalue weighted by molar-refractivity contribution is -0.141. The average molecular weight is 262 g/mol. The van der Waals surface area contributed by atoms with Gasteiger partial charge in [-0.05, 0) is 22.9 Å². The van der Waals surface area contributed by atoms with Crippen LogP contribution in [0.15, 0.2) is 36.4 Å². The standard InChI is InChI=1S/C12H7F5O/c13-11(14)18-10-6-8-4-2-1-3-7(8)5-9(10)12(15,16)17/h1-6,11H. The molecule has 2 aromatic rings. The van der Waals surface area contributed by atoms with E-state index in [-0.39, 0.29) is 0 Å². The van der Waals surface area contributed by atoms with Crippen molar-refractivity contribution in [1.29, 1.82) is 0 Å². The van der Waals surface area contributed by atoms with Crippen molar-refractivity contribution in [2.75, 3.05) is 0 Å². The molecular formula is C12H7F5O. The second-order valence-electron chi connectivity index (χ2n) is 3.57. The van der Waals surface area contributed by atoms with Gasteiger partial charge in [0.1, 0.15) is 5.75 Å². The Kier molecular flexibility index (Phi) is 3.11. The second kappa shape index (κ2) is 4.44. The molecule has 0 aliphatic heterocycles. The molecule has 0 amide bonds. The van der Waals surface area contributed by atoms with Crippen LogP contribution >= 0.6 is 0 Å². The first-order chi connectivity index (χ1) is 8.38. The van der Waals surface area contributed by atoms with Crippen LogP contribution in [-0.4, -0.2) is 6.61 Å². The first-order valence-corrected chi connectivity index (χ1v) is 4.93. The van der Waals surface area contributed by atoms with E-state index in [1.165, 1.54) is 12.1 Å². The average Bonchev–Trinajstić information content (AvgIpc) is 2.26. The minimum absolute atomic E-state index is 0.312. The number of hydrogen-bond donors (Lipinski definition) is 0. The topological polar surface area (TPSA) is 9.23 Å². The quantitative estimate of drug-likeness (QED) is 0.726. The second-order valence-corrected chi connectivity index (χ2v) is 3.57. The van der Waals surface area contributed by atoms with Crippen molar-refractivity contribution in [2.45, 2.75) is 12.8 Å². The molecule has 0 atom stereocenters. The smallest absolute Gasteiger partial charge is 0.419 e. The largest absolute Gasteiger partial charge is 0.434 e. The van der Waals surface area contributed by atoms with Crippen LogP contribution in [0.4, 0.5) is 22.0 Å². The summed E-state index contributed by atoms with van der Waals surface area (Å²) in [6.45, 7) is -3.30. The number of halogens is 5. The fourth-order valence-corrected chi connectivity index (χ4v) is 1.63. The molecule has 18 heavy (non-hydrogen) atoms. The summed E-state index contributed by atoms with van der Waals surface area (Å²) in [6.07, 6.45) is -4.74. The Hall–Kier alpha value is -1.85. The van der Waals surface area contributed by atoms with Gasteiger partial charge in [0, 0.05) is 0 Å². The molecule has 1 nitrogen and oxygen atoms in total. The highest BCUT2D eigenvalue weighted by Crippen LogP contribution is 2.39. The number of rotatable bonds is 2. The van der Waals surface area contributed by atoms with Crippen molar-refractivity contribution in [1.82, 2.24) is 0 Å². The van der Waals surface area contributed by atoms with Gasteiger partial charge in [-0.25, -0.2) is 0 Å². The fourth-order valence-electron chi connectivity index (χ4n) is 1.63. The molecule has 2 aromatic carbocycles. The van der Waals surface area contributed by atoms with E-state index >= 15 is 0 Å². The van der Waals surface area contributed by atoms with Crippen molar-refractivity contribution < 1.29 is 26.7 Å². The fraction of sp³-hybridized carbons (Fsp3) is 0.167. The van der Waals surface area contributed by atoms with Gasteiger partial charge in [-0.3, -0.25) is 0 Å². The van der Waals surface area contributed by atoms with E-state index in [1.54, 1.807) is 12.1 Å². The molecule has 0 aliphatic rings. The van der Waals surface area contributed by atoms with Crippen LogP contribution in [-0.2, 0) is 6.18 Å². The molecule has 2 rings (SSSR count). The van der Waals surface area contributed by atoms with E-state index in [2.05, 4.69) is 4.74 Å². The zero-order valence-corrected chi connectivity index (χ0v) is 8.84. The SMILES string of the molecule is FC(F)Oc1cc2ccccc2cc1C(F)(F)F. The van der Waals surface area contributed by atoms with Crippen LogP contribution in [0.2, 0.25) is 0 Å². The zero-order chi connectivity index (χ0) is 13.3. The summed E-state index contributed by atoms with van der Waals surface area (Å²) in [5.74, 6) is -0.865. The number of ether oxygens (including phenoxy) is 1. The molecule has 0 N–H and O–H groups in total. The maximum atomic E-state index is 12.7. The summed E-state index contributed by atoms with van der Waals surface area (Å²) in [5.41, 5.74) is -1.21. The van der Waals surface area contributed by atoms with Gasteiger partial charge in [0.2, 0.25) is 0 Å². The minimum Gasteiger partial charge on any atom is -0.434 e. The molecule has 0 unspecified atom stereocenters. The predicted molar refractivity (Wildman–Crippen MR) is 55.6 cm³/mol. The van der Waals surface area contributed by atoms with E-state index in [1.807, 2.05) is 0 Å². The van der Waals surface area contributed by atoms with Crippen LogP contribution in [0.1, 0.15) is 5.56 Å². The zero-order valence-electron chi connectivity index (χ0n) is 8.84. The van der Waals surface area contributed by atoms with Gasteiger partial charge >= 0.3 is 12.8 Å². The molecule has 0 heterocycles. The van der Waals surface area contributed by atoms with Gasteiger partial charge in [-0.15, -0.1) is 0 Å². The first-order valence-electron chi connectivity index (χ1n) is 4.93. The summed E-state index contributed by atoms with van der Waals surface area (Å²) >= 11 is 0. The van der Waals surface area contributed by atoms with E-state index in [9.17, 15) is 22.0 Å². The third-order valence-corrected chi connectivity index (χ3v) is 2.37. The molecular weight excluding hydrogens is 255 g/mol. The van der Waals surface area contributed by atoms with E-state index < -0.39 is 24.1 Å². The molecule has 0 spiro atoms.